The molecule has 1 amide bonds. The van der Waals surface area contributed by atoms with Gasteiger partial charge < -0.3 is 20.0 Å². The molecule has 1 saturated carbocycles. The number of ether oxygens (including phenoxy) is 1. The molecule has 166 valence electrons. The molecule has 9 heteroatoms. The first-order valence-corrected chi connectivity index (χ1v) is 11.7. The minimum atomic E-state index is -3.81. The van der Waals surface area contributed by atoms with Gasteiger partial charge in [0.15, 0.2) is 0 Å². The second-order valence-corrected chi connectivity index (χ2v) is 9.08. The molecule has 3 rings (SSSR count). The number of rotatable bonds is 8. The first-order valence-electron chi connectivity index (χ1n) is 10.2. The van der Waals surface area contributed by atoms with Crippen LogP contribution < -0.4 is 19.9 Å². The molecule has 1 fully saturated rings. The summed E-state index contributed by atoms with van der Waals surface area (Å²) in [5.74, 6) is -2.40. The van der Waals surface area contributed by atoms with E-state index >= 15 is 0 Å². The molecule has 2 N–H and O–H groups in total. The Labute approximate surface area is 181 Å². The van der Waals surface area contributed by atoms with Crippen molar-refractivity contribution in [3.63, 3.8) is 0 Å². The zero-order chi connectivity index (χ0) is 22.4. The van der Waals surface area contributed by atoms with Gasteiger partial charge in [0.05, 0.1) is 11.5 Å². The monoisotopic (exact) mass is 445 g/mol. The van der Waals surface area contributed by atoms with E-state index in [9.17, 15) is 23.1 Å². The predicted molar refractivity (Wildman–Crippen MR) is 114 cm³/mol. The summed E-state index contributed by atoms with van der Waals surface area (Å²) in [5.41, 5.74) is 0.791. The van der Waals surface area contributed by atoms with E-state index in [1.807, 2.05) is 6.92 Å². The van der Waals surface area contributed by atoms with Gasteiger partial charge in [-0.1, -0.05) is 12.8 Å². The maximum atomic E-state index is 12.6. The largest absolute Gasteiger partial charge is 0.550 e. The van der Waals surface area contributed by atoms with E-state index in [0.29, 0.717) is 36.6 Å². The van der Waals surface area contributed by atoms with E-state index in [-0.39, 0.29) is 4.90 Å². The van der Waals surface area contributed by atoms with Crippen molar-refractivity contribution in [2.24, 2.45) is 11.8 Å². The maximum Gasteiger partial charge on any atom is 0.261 e. The molecule has 2 aromatic rings. The molecule has 1 aliphatic rings. The Bertz CT molecular complexity index is 1020. The van der Waals surface area contributed by atoms with Gasteiger partial charge in [0, 0.05) is 29.2 Å². The number of carbonyl (C=O) groups is 2. The van der Waals surface area contributed by atoms with Crippen molar-refractivity contribution in [3.05, 3.63) is 48.5 Å². The van der Waals surface area contributed by atoms with Crippen LogP contribution >= 0.6 is 0 Å². The lowest BCUT2D eigenvalue weighted by atomic mass is 9.78. The van der Waals surface area contributed by atoms with Crippen LogP contribution in [0.2, 0.25) is 0 Å². The fraction of sp³-hybridized carbons (Fsp3) is 0.364. The molecule has 8 nitrogen and oxygen atoms in total. The Kier molecular flexibility index (Phi) is 7.17. The van der Waals surface area contributed by atoms with Gasteiger partial charge in [0.2, 0.25) is 5.91 Å². The zero-order valence-corrected chi connectivity index (χ0v) is 18.0. The van der Waals surface area contributed by atoms with Crippen LogP contribution in [0.3, 0.4) is 0 Å². The first-order chi connectivity index (χ1) is 14.8. The summed E-state index contributed by atoms with van der Waals surface area (Å²) in [6.07, 6.45) is 2.46. The van der Waals surface area contributed by atoms with Crippen LogP contribution in [0, 0.1) is 11.8 Å². The number of aliphatic carboxylic acids is 1. The number of nitrogens with one attached hydrogen (secondary N) is 2. The summed E-state index contributed by atoms with van der Waals surface area (Å²) >= 11 is 0. The normalized spacial score (nSPS) is 18.7. The van der Waals surface area contributed by atoms with Crippen molar-refractivity contribution in [2.75, 3.05) is 16.6 Å². The zero-order valence-electron chi connectivity index (χ0n) is 17.2. The van der Waals surface area contributed by atoms with Crippen LogP contribution in [0.25, 0.3) is 0 Å². The number of carboxylic acid groups (broad SMARTS) is 1. The Morgan fingerprint density at radius 1 is 0.968 bits per heavy atom. The van der Waals surface area contributed by atoms with Crippen molar-refractivity contribution in [1.29, 1.82) is 0 Å². The average Bonchev–Trinajstić information content (AvgIpc) is 2.75. The number of carboxylic acids is 1. The summed E-state index contributed by atoms with van der Waals surface area (Å²) < 4.78 is 33.0. The van der Waals surface area contributed by atoms with Crippen LogP contribution in [0.5, 0.6) is 5.75 Å². The molecule has 0 saturated heterocycles. The van der Waals surface area contributed by atoms with Crippen molar-refractivity contribution in [1.82, 2.24) is 0 Å². The van der Waals surface area contributed by atoms with Crippen molar-refractivity contribution in [3.8, 4) is 5.75 Å². The smallest absolute Gasteiger partial charge is 0.261 e. The van der Waals surface area contributed by atoms with Crippen LogP contribution in [0.1, 0.15) is 32.6 Å². The average molecular weight is 446 g/mol. The van der Waals surface area contributed by atoms with Gasteiger partial charge in [-0.2, -0.15) is 0 Å². The fourth-order valence-corrected chi connectivity index (χ4v) is 4.74. The summed E-state index contributed by atoms with van der Waals surface area (Å²) in [6, 6.07) is 12.3. The van der Waals surface area contributed by atoms with E-state index < -0.39 is 33.7 Å². The molecule has 0 spiro atoms. The number of anilines is 2. The highest BCUT2D eigenvalue weighted by atomic mass is 32.2. The summed E-state index contributed by atoms with van der Waals surface area (Å²) in [5, 5.41) is 14.0. The number of benzene rings is 2. The molecule has 0 bridgehead atoms. The SMILES string of the molecule is CCOc1ccc(NS(=O)(=O)c2ccc(NC(=O)[C@@H]3CCCC[C@@H]3C(=O)[O-])cc2)cc1. The Morgan fingerprint density at radius 3 is 2.13 bits per heavy atom. The van der Waals surface area contributed by atoms with Gasteiger partial charge in [-0.3, -0.25) is 9.52 Å². The topological polar surface area (TPSA) is 125 Å². The highest BCUT2D eigenvalue weighted by molar-refractivity contribution is 7.92. The first kappa shape index (κ1) is 22.6. The van der Waals surface area contributed by atoms with Crippen LogP contribution in [0.4, 0.5) is 11.4 Å². The van der Waals surface area contributed by atoms with Crippen molar-refractivity contribution < 1.29 is 27.9 Å². The standard InChI is InChI=1S/C22H26N2O6S/c1-2-30-17-11-7-16(8-12-17)24-31(28,29)18-13-9-15(10-14-18)23-21(25)19-5-3-4-6-20(19)22(26)27/h7-14,19-20,24H,2-6H2,1H3,(H,23,25)(H,26,27)/p-1/t19-,20+/m1/s1. The third-order valence-corrected chi connectivity index (χ3v) is 6.65. The van der Waals surface area contributed by atoms with E-state index in [1.54, 1.807) is 24.3 Å². The highest BCUT2D eigenvalue weighted by Crippen LogP contribution is 2.31. The second-order valence-electron chi connectivity index (χ2n) is 7.39. The van der Waals surface area contributed by atoms with E-state index in [0.717, 1.165) is 12.8 Å². The van der Waals surface area contributed by atoms with Crippen LogP contribution in [-0.4, -0.2) is 26.9 Å². The minimum absolute atomic E-state index is 0.0321. The quantitative estimate of drug-likeness (QED) is 0.643. The molecule has 0 radical (unpaired) electrons. The van der Waals surface area contributed by atoms with Gasteiger partial charge in [0.1, 0.15) is 5.75 Å². The lowest BCUT2D eigenvalue weighted by Gasteiger charge is -2.31. The number of sulfonamides is 1. The molecule has 2 aromatic carbocycles. The number of hydrogen-bond acceptors (Lipinski definition) is 6. The minimum Gasteiger partial charge on any atom is -0.550 e. The summed E-state index contributed by atoms with van der Waals surface area (Å²) in [4.78, 5) is 23.9. The lowest BCUT2D eigenvalue weighted by Crippen LogP contribution is -2.42. The molecular formula is C22H25N2O6S-. The van der Waals surface area contributed by atoms with E-state index in [4.69, 9.17) is 4.74 Å². The van der Waals surface area contributed by atoms with Gasteiger partial charge in [-0.05, 0) is 68.3 Å². The van der Waals surface area contributed by atoms with E-state index in [2.05, 4.69) is 10.0 Å². The fourth-order valence-electron chi connectivity index (χ4n) is 3.68. The number of hydrogen-bond donors (Lipinski definition) is 2. The van der Waals surface area contributed by atoms with E-state index in [1.165, 1.54) is 24.3 Å². The van der Waals surface area contributed by atoms with Gasteiger partial charge in [-0.25, -0.2) is 8.42 Å². The molecular weight excluding hydrogens is 420 g/mol. The van der Waals surface area contributed by atoms with Gasteiger partial charge in [-0.15, -0.1) is 0 Å². The Morgan fingerprint density at radius 2 is 1.55 bits per heavy atom. The third-order valence-electron chi connectivity index (χ3n) is 5.26. The highest BCUT2D eigenvalue weighted by Gasteiger charge is 2.31. The Hall–Kier alpha value is -3.07. The predicted octanol–water partition coefficient (Wildman–Crippen LogP) is 2.38. The molecule has 31 heavy (non-hydrogen) atoms. The third kappa shape index (κ3) is 5.75. The Balaban J connectivity index is 1.66. The molecule has 1 aliphatic carbocycles. The molecule has 0 unspecified atom stereocenters. The molecule has 0 aliphatic heterocycles. The van der Waals surface area contributed by atoms with Gasteiger partial charge >= 0.3 is 0 Å². The van der Waals surface area contributed by atoms with Gasteiger partial charge in [0.25, 0.3) is 10.0 Å². The summed E-state index contributed by atoms with van der Waals surface area (Å²) in [6.45, 7) is 2.38. The molecule has 0 aromatic heterocycles. The maximum absolute atomic E-state index is 12.6. The van der Waals surface area contributed by atoms with Crippen LogP contribution in [0.15, 0.2) is 53.4 Å². The number of amides is 1. The second kappa shape index (κ2) is 9.82. The molecule has 2 atom stereocenters. The van der Waals surface area contributed by atoms with Crippen molar-refractivity contribution >= 4 is 33.3 Å². The van der Waals surface area contributed by atoms with Crippen LogP contribution in [-0.2, 0) is 19.6 Å². The number of carbonyl (C=O) groups excluding carboxylic acids is 2. The van der Waals surface area contributed by atoms with Crippen molar-refractivity contribution in [2.45, 2.75) is 37.5 Å². The molecule has 0 heterocycles. The summed E-state index contributed by atoms with van der Waals surface area (Å²) in [7, 11) is -3.81. The lowest BCUT2D eigenvalue weighted by molar-refractivity contribution is -0.313.